The molecule has 0 saturated carbocycles. The predicted molar refractivity (Wildman–Crippen MR) is 220 cm³/mol. The molecule has 0 aromatic heterocycles. The zero-order chi connectivity index (χ0) is 33.6. The summed E-state index contributed by atoms with van der Waals surface area (Å²) in [5, 5.41) is 9.64. The van der Waals surface area contributed by atoms with E-state index in [0.29, 0.717) is 0 Å². The molecule has 0 bridgehead atoms. The van der Waals surface area contributed by atoms with Crippen LogP contribution in [0.1, 0.15) is 17.5 Å². The molecule has 4 heteroatoms. The van der Waals surface area contributed by atoms with Crippen LogP contribution < -0.4 is 15.9 Å². The second-order valence-electron chi connectivity index (χ2n) is 13.3. The van der Waals surface area contributed by atoms with E-state index < -0.39 is 7.26 Å². The molecule has 0 radical (unpaired) electrons. The first-order valence-electron chi connectivity index (χ1n) is 17.7. The summed E-state index contributed by atoms with van der Waals surface area (Å²) in [7, 11) is -2.26. The van der Waals surface area contributed by atoms with Gasteiger partial charge in [0, 0.05) is 0 Å². The van der Waals surface area contributed by atoms with Gasteiger partial charge in [-0.2, -0.15) is 0 Å². The fourth-order valence-electron chi connectivity index (χ4n) is 7.69. The average Bonchev–Trinajstić information content (AvgIpc) is 3.55. The summed E-state index contributed by atoms with van der Waals surface area (Å²) >= 11 is 2.08. The maximum atomic E-state index is 2.53. The molecule has 0 fully saturated rings. The molecule has 0 atom stereocenters. The fourth-order valence-corrected chi connectivity index (χ4v) is 14.0. The molecule has 7 aromatic carbocycles. The van der Waals surface area contributed by atoms with Crippen molar-refractivity contribution in [3.63, 3.8) is 0 Å². The van der Waals surface area contributed by atoms with E-state index in [-0.39, 0.29) is 5.50 Å². The molecule has 0 N–H and O–H groups in total. The Bertz CT molecular complexity index is 2020. The molecule has 1 aliphatic rings. The van der Waals surface area contributed by atoms with E-state index in [1.807, 2.05) is 0 Å². The summed E-state index contributed by atoms with van der Waals surface area (Å²) in [6.07, 6.45) is 6.92. The van der Waals surface area contributed by atoms with E-state index >= 15 is 0 Å². The van der Waals surface area contributed by atoms with Gasteiger partial charge in [0.05, 0.1) is 0 Å². The van der Waals surface area contributed by atoms with Gasteiger partial charge in [0.15, 0.2) is 0 Å². The van der Waals surface area contributed by atoms with Gasteiger partial charge in [0.2, 0.25) is 0 Å². The normalized spacial score (nSPS) is 13.8. The van der Waals surface area contributed by atoms with Crippen LogP contribution in [-0.2, 0) is 13.1 Å². The molecule has 1 aliphatic heterocycles. The Morgan fingerprint density at radius 3 is 1.28 bits per heavy atom. The summed E-state index contributed by atoms with van der Waals surface area (Å²) in [6.45, 7) is 1.76. The van der Waals surface area contributed by atoms with Gasteiger partial charge in [-0.05, 0) is 0 Å². The van der Waals surface area contributed by atoms with Crippen molar-refractivity contribution in [2.24, 2.45) is 0 Å². The summed E-state index contributed by atoms with van der Waals surface area (Å²) in [4.78, 5) is 5.07. The Morgan fingerprint density at radius 1 is 0.440 bits per heavy atom. The van der Waals surface area contributed by atoms with Gasteiger partial charge in [-0.25, -0.2) is 0 Å². The van der Waals surface area contributed by atoms with E-state index in [2.05, 4.69) is 210 Å². The molecular weight excluding hydrogens is 644 g/mol. The van der Waals surface area contributed by atoms with Gasteiger partial charge in [-0.15, -0.1) is 0 Å². The van der Waals surface area contributed by atoms with Crippen LogP contribution in [0.2, 0.25) is 0 Å². The molecule has 248 valence electrons. The van der Waals surface area contributed by atoms with E-state index in [4.69, 9.17) is 0 Å². The van der Waals surface area contributed by atoms with Gasteiger partial charge in [-0.1, -0.05) is 12.1 Å². The molecule has 50 heavy (non-hydrogen) atoms. The first-order chi connectivity index (χ1) is 24.8. The minimum absolute atomic E-state index is 0.217. The van der Waals surface area contributed by atoms with Crippen LogP contribution in [0.4, 0.5) is 0 Å². The number of rotatable bonds is 12. The van der Waals surface area contributed by atoms with Crippen LogP contribution in [0, 0.1) is 0 Å². The number of hydrogen-bond acceptors (Lipinski definition) is 3. The van der Waals surface area contributed by atoms with Gasteiger partial charge >= 0.3 is 291 Å². The Morgan fingerprint density at radius 2 is 0.840 bits per heavy atom. The van der Waals surface area contributed by atoms with E-state index in [9.17, 15) is 0 Å². The van der Waals surface area contributed by atoms with Crippen LogP contribution in [-0.4, -0.2) is 27.2 Å². The van der Waals surface area contributed by atoms with Gasteiger partial charge in [0.25, 0.3) is 0 Å². The Hall–Kier alpha value is -4.82. The van der Waals surface area contributed by atoms with E-state index in [0.717, 1.165) is 31.4 Å². The third-order valence-corrected chi connectivity index (χ3v) is 16.6. The summed E-state index contributed by atoms with van der Waals surface area (Å²) in [5.41, 5.74) is 2.90. The van der Waals surface area contributed by atoms with Gasteiger partial charge in [0.1, 0.15) is 0 Å². The molecular formula is C46H43N2PS. The van der Waals surface area contributed by atoms with Gasteiger partial charge < -0.3 is 0 Å². The van der Waals surface area contributed by atoms with E-state index in [1.165, 1.54) is 48.6 Å². The first kappa shape index (κ1) is 32.4. The second-order valence-corrected chi connectivity index (χ2v) is 18.5. The maximum absolute atomic E-state index is 2.53. The molecule has 0 spiro atoms. The van der Waals surface area contributed by atoms with Crippen molar-refractivity contribution in [2.45, 2.75) is 25.0 Å². The summed E-state index contributed by atoms with van der Waals surface area (Å²) in [6, 6.07) is 65.2. The molecule has 1 heterocycles. The number of thioether (sulfide) groups is 1. The summed E-state index contributed by atoms with van der Waals surface area (Å²) in [5.74, 6) is 1.08. The van der Waals surface area contributed by atoms with Crippen molar-refractivity contribution in [2.75, 3.05) is 11.9 Å². The number of benzene rings is 7. The third kappa shape index (κ3) is 6.81. The molecule has 7 aromatic rings. The molecule has 8 rings (SSSR count). The number of hydrogen-bond donors (Lipinski definition) is 0. The second kappa shape index (κ2) is 15.0. The monoisotopic (exact) mass is 686 g/mol. The quantitative estimate of drug-likeness (QED) is 0.0934. The third-order valence-electron chi connectivity index (χ3n) is 10.1. The zero-order valence-electron chi connectivity index (χ0n) is 28.3. The zero-order valence-corrected chi connectivity index (χ0v) is 30.1. The van der Waals surface area contributed by atoms with Crippen LogP contribution in [0.5, 0.6) is 0 Å². The standard InChI is InChI=1S/C46H43N2PS/c1-4-19-43(20-5-1)49(44-21-6-2-7-22-44,45-23-8-3-9-24-45)31-14-32-50-46-47(35-37-25-27-39-15-10-12-17-41(39)33-37)29-30-48(46)36-38-26-28-40-16-11-13-18-42(40)34-38/h1-13,15-30,33-34,46,49H,14,31-32,35-36H2. The van der Waals surface area contributed by atoms with Crippen LogP contribution >= 0.6 is 19.0 Å². The Balaban J connectivity index is 1.06. The topological polar surface area (TPSA) is 6.48 Å². The van der Waals surface area contributed by atoms with Crippen LogP contribution in [0.25, 0.3) is 21.5 Å². The predicted octanol–water partition coefficient (Wildman–Crippen LogP) is 9.92. The molecule has 0 saturated heterocycles. The fraction of sp³-hybridized carbons (Fsp3) is 0.130. The Kier molecular flexibility index (Phi) is 9.70. The molecule has 0 aliphatic carbocycles. The van der Waals surface area contributed by atoms with Gasteiger partial charge in [-0.3, -0.25) is 0 Å². The van der Waals surface area contributed by atoms with Crippen molar-refractivity contribution in [1.29, 1.82) is 0 Å². The van der Waals surface area contributed by atoms with Crippen molar-refractivity contribution >= 4 is 56.5 Å². The number of nitrogens with zero attached hydrogens (tertiary/aromatic N) is 2. The van der Waals surface area contributed by atoms with Crippen LogP contribution in [0.15, 0.2) is 188 Å². The first-order valence-corrected chi connectivity index (χ1v) is 21.0. The van der Waals surface area contributed by atoms with Crippen molar-refractivity contribution in [3.8, 4) is 0 Å². The molecule has 0 unspecified atom stereocenters. The SMILES string of the molecule is C1=CN(Cc2ccc3ccccc3c2)C(SCCC[PH](c2ccccc2)(c2ccccc2)c2ccccc2)N1Cc1ccc2ccccc2c1. The van der Waals surface area contributed by atoms with Crippen LogP contribution in [0.3, 0.4) is 0 Å². The molecule has 0 amide bonds. The molecule has 2 nitrogen and oxygen atoms in total. The minimum atomic E-state index is -2.26. The summed E-state index contributed by atoms with van der Waals surface area (Å²) < 4.78 is 0. The average molecular weight is 687 g/mol. The van der Waals surface area contributed by atoms with Crippen molar-refractivity contribution in [1.82, 2.24) is 9.80 Å². The van der Waals surface area contributed by atoms with E-state index in [1.54, 1.807) is 0 Å². The van der Waals surface area contributed by atoms with Crippen molar-refractivity contribution < 1.29 is 0 Å². The Labute approximate surface area is 301 Å². The van der Waals surface area contributed by atoms with Crippen molar-refractivity contribution in [3.05, 3.63) is 199 Å². The number of fused-ring (bicyclic) bond motifs is 2.